The normalized spacial score (nSPS) is 11.4. The van der Waals surface area contributed by atoms with Crippen LogP contribution in [-0.2, 0) is 0 Å². The highest BCUT2D eigenvalue weighted by Gasteiger charge is 2.31. The highest BCUT2D eigenvalue weighted by atomic mass is 19.4. The quantitative estimate of drug-likeness (QED) is 0.830. The molecule has 0 aliphatic carbocycles. The van der Waals surface area contributed by atoms with Gasteiger partial charge in [0, 0.05) is 11.3 Å². The number of nitrogen functional groups attached to an aromatic ring is 1. The second kappa shape index (κ2) is 4.84. The monoisotopic (exact) mass is 267 g/mol. The van der Waals surface area contributed by atoms with Crippen LogP contribution < -0.4 is 10.5 Å². The number of halogens is 3. The fraction of sp³-hybridized carbons (Fsp3) is 0.143. The highest BCUT2D eigenvalue weighted by Crippen LogP contribution is 2.32. The van der Waals surface area contributed by atoms with Gasteiger partial charge in [0.2, 0.25) is 0 Å². The minimum atomic E-state index is -4.71. The Balaban J connectivity index is 2.39. The Hall–Kier alpha value is -2.17. The van der Waals surface area contributed by atoms with Crippen LogP contribution in [0.2, 0.25) is 0 Å². The Bertz CT molecular complexity index is 576. The molecule has 0 aliphatic rings. The Morgan fingerprint density at radius 1 is 1.00 bits per heavy atom. The lowest BCUT2D eigenvalue weighted by Crippen LogP contribution is -2.17. The molecule has 0 aromatic heterocycles. The molecule has 2 aromatic carbocycles. The molecule has 0 radical (unpaired) electrons. The van der Waals surface area contributed by atoms with E-state index in [2.05, 4.69) is 4.74 Å². The molecule has 100 valence electrons. The average Bonchev–Trinajstić information content (AvgIpc) is 2.31. The van der Waals surface area contributed by atoms with Crippen molar-refractivity contribution in [1.82, 2.24) is 0 Å². The Morgan fingerprint density at radius 3 is 2.21 bits per heavy atom. The van der Waals surface area contributed by atoms with Gasteiger partial charge in [-0.1, -0.05) is 29.8 Å². The van der Waals surface area contributed by atoms with Gasteiger partial charge in [-0.2, -0.15) is 0 Å². The third-order valence-corrected chi connectivity index (χ3v) is 2.62. The van der Waals surface area contributed by atoms with Crippen LogP contribution in [0.4, 0.5) is 18.9 Å². The molecular weight excluding hydrogens is 255 g/mol. The molecule has 0 spiro atoms. The number of aryl methyl sites for hydroxylation is 1. The summed E-state index contributed by atoms with van der Waals surface area (Å²) in [5, 5.41) is 0. The summed E-state index contributed by atoms with van der Waals surface area (Å²) >= 11 is 0. The van der Waals surface area contributed by atoms with Crippen LogP contribution >= 0.6 is 0 Å². The van der Waals surface area contributed by atoms with Crippen LogP contribution in [0.5, 0.6) is 5.75 Å². The lowest BCUT2D eigenvalue weighted by atomic mass is 10.0. The van der Waals surface area contributed by atoms with Gasteiger partial charge in [-0.3, -0.25) is 0 Å². The molecule has 2 N–H and O–H groups in total. The van der Waals surface area contributed by atoms with E-state index in [0.717, 1.165) is 11.1 Å². The van der Waals surface area contributed by atoms with E-state index in [1.54, 1.807) is 12.1 Å². The van der Waals surface area contributed by atoms with Crippen molar-refractivity contribution in [3.8, 4) is 16.9 Å². The molecule has 0 unspecified atom stereocenters. The number of rotatable bonds is 2. The molecule has 0 saturated carbocycles. The van der Waals surface area contributed by atoms with Gasteiger partial charge in [-0.05, 0) is 30.7 Å². The van der Waals surface area contributed by atoms with Crippen molar-refractivity contribution in [3.05, 3.63) is 48.0 Å². The minimum absolute atomic E-state index is 0.280. The number of alkyl halides is 3. The highest BCUT2D eigenvalue weighted by molar-refractivity contribution is 5.77. The van der Waals surface area contributed by atoms with Crippen LogP contribution in [0.3, 0.4) is 0 Å². The molecule has 0 saturated heterocycles. The van der Waals surface area contributed by atoms with E-state index in [-0.39, 0.29) is 5.75 Å². The van der Waals surface area contributed by atoms with E-state index >= 15 is 0 Å². The SMILES string of the molecule is Cc1ccc(-c2cc(OC(F)(F)F)ccc2N)cc1. The molecule has 5 heteroatoms. The van der Waals surface area contributed by atoms with Crippen molar-refractivity contribution in [2.45, 2.75) is 13.3 Å². The topological polar surface area (TPSA) is 35.2 Å². The summed E-state index contributed by atoms with van der Waals surface area (Å²) in [6.45, 7) is 1.93. The predicted molar refractivity (Wildman–Crippen MR) is 67.7 cm³/mol. The first-order valence-electron chi connectivity index (χ1n) is 5.57. The summed E-state index contributed by atoms with van der Waals surface area (Å²) in [5.41, 5.74) is 8.51. The number of anilines is 1. The van der Waals surface area contributed by atoms with Gasteiger partial charge in [0.25, 0.3) is 0 Å². The van der Waals surface area contributed by atoms with Gasteiger partial charge in [-0.15, -0.1) is 13.2 Å². The summed E-state index contributed by atoms with van der Waals surface area (Å²) in [7, 11) is 0. The maximum atomic E-state index is 12.2. The summed E-state index contributed by atoms with van der Waals surface area (Å²) < 4.78 is 40.4. The molecule has 2 nitrogen and oxygen atoms in total. The number of ether oxygens (including phenoxy) is 1. The van der Waals surface area contributed by atoms with Crippen molar-refractivity contribution in [2.75, 3.05) is 5.73 Å². The lowest BCUT2D eigenvalue weighted by Gasteiger charge is -2.12. The summed E-state index contributed by atoms with van der Waals surface area (Å²) in [6.07, 6.45) is -4.71. The van der Waals surface area contributed by atoms with E-state index in [9.17, 15) is 13.2 Å². The van der Waals surface area contributed by atoms with Crippen LogP contribution in [0.15, 0.2) is 42.5 Å². The van der Waals surface area contributed by atoms with Crippen molar-refractivity contribution < 1.29 is 17.9 Å². The third-order valence-electron chi connectivity index (χ3n) is 2.62. The first-order chi connectivity index (χ1) is 8.85. The second-order valence-electron chi connectivity index (χ2n) is 4.16. The molecule has 2 rings (SSSR count). The Kier molecular flexibility index (Phi) is 3.38. The van der Waals surface area contributed by atoms with Gasteiger partial charge < -0.3 is 10.5 Å². The maximum Gasteiger partial charge on any atom is 0.573 e. The van der Waals surface area contributed by atoms with E-state index in [0.29, 0.717) is 11.3 Å². The first kappa shape index (κ1) is 13.3. The maximum absolute atomic E-state index is 12.2. The Labute approximate surface area is 108 Å². The number of hydrogen-bond donors (Lipinski definition) is 1. The average molecular weight is 267 g/mol. The summed E-state index contributed by atoms with van der Waals surface area (Å²) in [6, 6.07) is 11.2. The number of hydrogen-bond acceptors (Lipinski definition) is 2. The third kappa shape index (κ3) is 3.40. The molecule has 0 amide bonds. The van der Waals surface area contributed by atoms with Gasteiger partial charge in [0.15, 0.2) is 0 Å². The molecule has 19 heavy (non-hydrogen) atoms. The lowest BCUT2D eigenvalue weighted by molar-refractivity contribution is -0.274. The summed E-state index contributed by atoms with van der Waals surface area (Å²) in [5.74, 6) is -0.280. The smallest absolute Gasteiger partial charge is 0.406 e. The zero-order chi connectivity index (χ0) is 14.0. The van der Waals surface area contributed by atoms with Gasteiger partial charge >= 0.3 is 6.36 Å². The van der Waals surface area contributed by atoms with Crippen LogP contribution in [-0.4, -0.2) is 6.36 Å². The molecular formula is C14H12F3NO. The van der Waals surface area contributed by atoms with E-state index in [1.165, 1.54) is 18.2 Å². The van der Waals surface area contributed by atoms with Crippen LogP contribution in [0, 0.1) is 6.92 Å². The Morgan fingerprint density at radius 2 is 1.63 bits per heavy atom. The van der Waals surface area contributed by atoms with Crippen molar-refractivity contribution in [3.63, 3.8) is 0 Å². The van der Waals surface area contributed by atoms with E-state index in [1.807, 2.05) is 19.1 Å². The van der Waals surface area contributed by atoms with Gasteiger partial charge in [0.1, 0.15) is 5.75 Å². The molecule has 0 fully saturated rings. The fourth-order valence-electron chi connectivity index (χ4n) is 1.72. The van der Waals surface area contributed by atoms with Crippen molar-refractivity contribution >= 4 is 5.69 Å². The van der Waals surface area contributed by atoms with E-state index < -0.39 is 6.36 Å². The fourth-order valence-corrected chi connectivity index (χ4v) is 1.72. The standard InChI is InChI=1S/C14H12F3NO/c1-9-2-4-10(5-3-9)12-8-11(6-7-13(12)18)19-14(15,16)17/h2-8H,18H2,1H3. The first-order valence-corrected chi connectivity index (χ1v) is 5.57. The number of benzene rings is 2. The zero-order valence-corrected chi connectivity index (χ0v) is 10.2. The molecule has 0 bridgehead atoms. The van der Waals surface area contributed by atoms with Crippen LogP contribution in [0.1, 0.15) is 5.56 Å². The van der Waals surface area contributed by atoms with Gasteiger partial charge in [-0.25, -0.2) is 0 Å². The van der Waals surface area contributed by atoms with Crippen LogP contribution in [0.25, 0.3) is 11.1 Å². The van der Waals surface area contributed by atoms with Crippen molar-refractivity contribution in [1.29, 1.82) is 0 Å². The molecule has 0 atom stereocenters. The molecule has 2 aromatic rings. The molecule has 0 heterocycles. The number of nitrogens with two attached hydrogens (primary N) is 1. The van der Waals surface area contributed by atoms with Crippen molar-refractivity contribution in [2.24, 2.45) is 0 Å². The minimum Gasteiger partial charge on any atom is -0.406 e. The largest absolute Gasteiger partial charge is 0.573 e. The summed E-state index contributed by atoms with van der Waals surface area (Å²) in [4.78, 5) is 0. The molecule has 0 aliphatic heterocycles. The second-order valence-corrected chi connectivity index (χ2v) is 4.16. The van der Waals surface area contributed by atoms with Gasteiger partial charge in [0.05, 0.1) is 0 Å². The predicted octanol–water partition coefficient (Wildman–Crippen LogP) is 4.14. The van der Waals surface area contributed by atoms with E-state index in [4.69, 9.17) is 5.73 Å². The zero-order valence-electron chi connectivity index (χ0n) is 10.2.